The van der Waals surface area contributed by atoms with Crippen molar-refractivity contribution in [2.24, 2.45) is 5.73 Å². The second-order valence-corrected chi connectivity index (χ2v) is 24.5. The molecule has 0 aromatic carbocycles. The number of phosphoric ester groups is 1. The number of rotatable bonds is 65. The minimum Gasteiger partial charge on any atom is -0.462 e. The third-order valence-corrected chi connectivity index (χ3v) is 15.7. The summed E-state index contributed by atoms with van der Waals surface area (Å²) in [6.45, 7) is 3.60. The Balaban J connectivity index is 4.02. The number of esters is 2. The van der Waals surface area contributed by atoms with Gasteiger partial charge in [0.1, 0.15) is 6.61 Å². The van der Waals surface area contributed by atoms with E-state index >= 15 is 0 Å². The van der Waals surface area contributed by atoms with Crippen LogP contribution in [0.25, 0.3) is 0 Å². The van der Waals surface area contributed by atoms with Crippen molar-refractivity contribution < 1.29 is 37.6 Å². The molecule has 0 aromatic rings. The summed E-state index contributed by atoms with van der Waals surface area (Å²) in [7, 11) is -4.41. The first kappa shape index (κ1) is 82.9. The maximum Gasteiger partial charge on any atom is 0.472 e. The van der Waals surface area contributed by atoms with E-state index in [9.17, 15) is 19.0 Å². The highest BCUT2D eigenvalue weighted by Gasteiger charge is 2.26. The molecule has 496 valence electrons. The van der Waals surface area contributed by atoms with E-state index in [0.29, 0.717) is 6.42 Å². The summed E-state index contributed by atoms with van der Waals surface area (Å²) in [5.74, 6) is -0.878. The summed E-state index contributed by atoms with van der Waals surface area (Å²) in [5.41, 5.74) is 5.40. The summed E-state index contributed by atoms with van der Waals surface area (Å²) in [5, 5.41) is 0. The zero-order valence-corrected chi connectivity index (χ0v) is 56.6. The Hall–Kier alpha value is -4.11. The number of ether oxygens (including phenoxy) is 2. The van der Waals surface area contributed by atoms with E-state index in [0.717, 1.165) is 109 Å². The van der Waals surface area contributed by atoms with E-state index in [-0.39, 0.29) is 32.6 Å². The molecule has 9 nitrogen and oxygen atoms in total. The molecule has 2 unspecified atom stereocenters. The maximum absolute atomic E-state index is 12.7. The Morgan fingerprint density at radius 2 is 0.632 bits per heavy atom. The number of nitrogens with two attached hydrogens (primary N) is 1. The van der Waals surface area contributed by atoms with Gasteiger partial charge in [-0.1, -0.05) is 327 Å². The fourth-order valence-electron chi connectivity index (χ4n) is 9.56. The molecule has 0 bridgehead atoms. The Kier molecular flexibility index (Phi) is 67.6. The van der Waals surface area contributed by atoms with Gasteiger partial charge in [-0.3, -0.25) is 18.6 Å². The van der Waals surface area contributed by atoms with Crippen molar-refractivity contribution in [3.8, 4) is 0 Å². The number of carbonyl (C=O) groups is 2. The van der Waals surface area contributed by atoms with Crippen LogP contribution < -0.4 is 5.73 Å². The first-order valence-corrected chi connectivity index (χ1v) is 36.8. The molecular formula is C77H130NO8P. The number of carbonyl (C=O) groups excluding carboxylic acids is 2. The molecule has 0 fully saturated rings. The van der Waals surface area contributed by atoms with E-state index < -0.39 is 32.5 Å². The zero-order valence-electron chi connectivity index (χ0n) is 55.7. The van der Waals surface area contributed by atoms with E-state index in [1.165, 1.54) is 154 Å². The van der Waals surface area contributed by atoms with Gasteiger partial charge in [-0.05, 0) is 103 Å². The van der Waals surface area contributed by atoms with Crippen LogP contribution in [0.15, 0.2) is 146 Å². The van der Waals surface area contributed by atoms with E-state index in [1.807, 2.05) is 0 Å². The average Bonchev–Trinajstić information content (AvgIpc) is 3.64. The van der Waals surface area contributed by atoms with Crippen LogP contribution in [0.4, 0.5) is 0 Å². The largest absolute Gasteiger partial charge is 0.472 e. The molecule has 0 aliphatic rings. The topological polar surface area (TPSA) is 134 Å². The molecule has 0 aliphatic carbocycles. The fraction of sp³-hybridized carbons (Fsp3) is 0.662. The third-order valence-electron chi connectivity index (χ3n) is 14.7. The second-order valence-electron chi connectivity index (χ2n) is 23.0. The van der Waals surface area contributed by atoms with E-state index in [4.69, 9.17) is 24.3 Å². The Bertz CT molecular complexity index is 1940. The molecule has 87 heavy (non-hydrogen) atoms. The lowest BCUT2D eigenvalue weighted by molar-refractivity contribution is -0.161. The van der Waals surface area contributed by atoms with Crippen molar-refractivity contribution >= 4 is 19.8 Å². The maximum atomic E-state index is 12.7. The van der Waals surface area contributed by atoms with Gasteiger partial charge < -0.3 is 20.1 Å². The zero-order chi connectivity index (χ0) is 63.0. The van der Waals surface area contributed by atoms with Crippen LogP contribution in [0, 0.1) is 0 Å². The number of allylic oxidation sites excluding steroid dienone is 24. The van der Waals surface area contributed by atoms with Crippen LogP contribution in [0.1, 0.15) is 296 Å². The Morgan fingerprint density at radius 1 is 0.356 bits per heavy atom. The number of unbranched alkanes of at least 4 members (excludes halogenated alkanes) is 28. The summed E-state index contributed by atoms with van der Waals surface area (Å²) in [6.07, 6.45) is 102. The summed E-state index contributed by atoms with van der Waals surface area (Å²) in [6, 6.07) is 0. The van der Waals surface area contributed by atoms with Crippen LogP contribution in [-0.4, -0.2) is 49.3 Å². The molecule has 0 heterocycles. The number of hydrogen-bond acceptors (Lipinski definition) is 8. The van der Waals surface area contributed by atoms with Gasteiger partial charge in [0.25, 0.3) is 0 Å². The second kappa shape index (κ2) is 71.0. The molecule has 0 spiro atoms. The highest BCUT2D eigenvalue weighted by molar-refractivity contribution is 7.47. The molecule has 3 N–H and O–H groups in total. The summed E-state index contributed by atoms with van der Waals surface area (Å²) in [4.78, 5) is 35.3. The lowest BCUT2D eigenvalue weighted by Crippen LogP contribution is -2.29. The normalized spacial score (nSPS) is 13.8. The van der Waals surface area contributed by atoms with Gasteiger partial charge in [0, 0.05) is 19.4 Å². The van der Waals surface area contributed by atoms with Gasteiger partial charge in [-0.2, -0.15) is 0 Å². The smallest absolute Gasteiger partial charge is 0.462 e. The molecule has 10 heteroatoms. The molecule has 0 rings (SSSR count). The van der Waals surface area contributed by atoms with Gasteiger partial charge in [0.2, 0.25) is 0 Å². The monoisotopic (exact) mass is 1230 g/mol. The van der Waals surface area contributed by atoms with Crippen LogP contribution >= 0.6 is 7.82 Å². The van der Waals surface area contributed by atoms with Crippen molar-refractivity contribution in [2.45, 2.75) is 302 Å². The third kappa shape index (κ3) is 70.8. The minimum atomic E-state index is -4.41. The highest BCUT2D eigenvalue weighted by atomic mass is 31.2. The Labute approximate surface area is 535 Å². The first-order chi connectivity index (χ1) is 42.8. The molecule has 0 amide bonds. The quantitative estimate of drug-likeness (QED) is 0.0264. The molecule has 0 radical (unpaired) electrons. The van der Waals surface area contributed by atoms with Gasteiger partial charge in [-0.25, -0.2) is 4.57 Å². The van der Waals surface area contributed by atoms with Crippen LogP contribution in [0.3, 0.4) is 0 Å². The van der Waals surface area contributed by atoms with Crippen LogP contribution in [0.2, 0.25) is 0 Å². The van der Waals surface area contributed by atoms with Crippen molar-refractivity contribution in [1.82, 2.24) is 0 Å². The van der Waals surface area contributed by atoms with E-state index in [2.05, 4.69) is 160 Å². The molecule has 2 atom stereocenters. The molecule has 0 saturated carbocycles. The number of phosphoric acid groups is 1. The predicted molar refractivity (Wildman–Crippen MR) is 376 cm³/mol. The van der Waals surface area contributed by atoms with Gasteiger partial charge in [0.15, 0.2) is 6.10 Å². The van der Waals surface area contributed by atoms with Crippen molar-refractivity contribution in [2.75, 3.05) is 26.4 Å². The lowest BCUT2D eigenvalue weighted by Gasteiger charge is -2.19. The summed E-state index contributed by atoms with van der Waals surface area (Å²) < 4.78 is 33.1. The van der Waals surface area contributed by atoms with Crippen molar-refractivity contribution in [3.05, 3.63) is 146 Å². The molecule has 0 saturated heterocycles. The lowest BCUT2D eigenvalue weighted by atomic mass is 10.0. The minimum absolute atomic E-state index is 0.0402. The Morgan fingerprint density at radius 3 is 0.943 bits per heavy atom. The number of hydrogen-bond donors (Lipinski definition) is 2. The highest BCUT2D eigenvalue weighted by Crippen LogP contribution is 2.43. The van der Waals surface area contributed by atoms with Crippen LogP contribution in [-0.2, 0) is 32.7 Å². The van der Waals surface area contributed by atoms with Gasteiger partial charge >= 0.3 is 19.8 Å². The SMILES string of the molecule is CC/C=C\C/C=C\C/C=C\C/C=C\C/C=C\C/C=C\C/C=C\C/C=C\C/C=C\C/C=C\C/C=C\C/C=C\CCCCC(=O)OC(COC(=O)CCCCCCCCCCCCCCCCCCCCCCCCCCCCC)COP(=O)(O)OCCN. The fourth-order valence-corrected chi connectivity index (χ4v) is 10.3. The standard InChI is InChI=1S/C77H130NO8P/c1-3-5-7-9-11-13-15-17-19-21-23-25-27-29-31-32-33-34-35-36-37-38-39-40-41-42-44-46-48-50-52-54-56-58-60-62-64-66-68-70-77(80)86-75(74-85-87(81,82)84-72-71-78)73-83-76(79)69-67-65-63-61-59-57-55-53-51-49-47-45-43-30-28-26-24-22-20-18-16-14-12-10-8-6-4-2/h5,7,11,13,17,19,23,25,29,31,33-34,36-37,39-40,42,44,48,50,54,56,60,62,75H,3-4,6,8-10,12,14-16,18,20-22,24,26-28,30,32,35,38,41,43,45-47,49,51-53,55,57-59,61,63-74,78H2,1-2H3,(H,81,82)/b7-5-,13-11-,19-17-,25-23-,31-29-,34-33-,37-36-,40-39-,44-42-,50-48-,56-54-,62-60-. The molecular weight excluding hydrogens is 1100 g/mol. The summed E-state index contributed by atoms with van der Waals surface area (Å²) >= 11 is 0. The van der Waals surface area contributed by atoms with Crippen molar-refractivity contribution in [3.63, 3.8) is 0 Å². The predicted octanol–water partition coefficient (Wildman–Crippen LogP) is 23.4. The average molecular weight is 1230 g/mol. The van der Waals surface area contributed by atoms with Crippen molar-refractivity contribution in [1.29, 1.82) is 0 Å². The molecule has 0 aromatic heterocycles. The van der Waals surface area contributed by atoms with E-state index in [1.54, 1.807) is 0 Å². The first-order valence-electron chi connectivity index (χ1n) is 35.3. The van der Waals surface area contributed by atoms with Crippen LogP contribution in [0.5, 0.6) is 0 Å². The molecule has 0 aliphatic heterocycles. The van der Waals surface area contributed by atoms with Gasteiger partial charge in [-0.15, -0.1) is 0 Å². The van der Waals surface area contributed by atoms with Gasteiger partial charge in [0.05, 0.1) is 13.2 Å².